The summed E-state index contributed by atoms with van der Waals surface area (Å²) in [6.45, 7) is 6.94. The first-order valence-corrected chi connectivity index (χ1v) is 5.67. The highest BCUT2D eigenvalue weighted by atomic mass is 16.3. The molecule has 0 aromatic heterocycles. The monoisotopic (exact) mass is 211 g/mol. The second-order valence-corrected chi connectivity index (χ2v) is 3.69. The van der Waals surface area contributed by atoms with Gasteiger partial charge in [-0.05, 0) is 19.3 Å². The number of allylic oxidation sites excluding steroid dienone is 2. The van der Waals surface area contributed by atoms with Gasteiger partial charge in [0.2, 0.25) is 0 Å². The minimum absolute atomic E-state index is 0.328. The third-order valence-electron chi connectivity index (χ3n) is 2.64. The second-order valence-electron chi connectivity index (χ2n) is 3.69. The van der Waals surface area contributed by atoms with Crippen LogP contribution < -0.4 is 5.73 Å². The van der Waals surface area contributed by atoms with E-state index in [2.05, 4.69) is 11.9 Å². The van der Waals surface area contributed by atoms with Crippen molar-refractivity contribution in [3.05, 3.63) is 11.5 Å². The molecule has 0 aromatic rings. The molecule has 1 unspecified atom stereocenters. The fourth-order valence-electron chi connectivity index (χ4n) is 1.89. The molecule has 0 amide bonds. The fraction of sp³-hybridized carbons (Fsp3) is 0.727. The highest BCUT2D eigenvalue weighted by Crippen LogP contribution is 2.22. The van der Waals surface area contributed by atoms with Gasteiger partial charge in [-0.2, -0.15) is 0 Å². The third kappa shape index (κ3) is 2.31. The summed E-state index contributed by atoms with van der Waals surface area (Å²) in [7, 11) is 0. The van der Waals surface area contributed by atoms with Crippen LogP contribution in [-0.4, -0.2) is 28.6 Å². The minimum atomic E-state index is -0.328. The highest BCUT2D eigenvalue weighted by molar-refractivity contribution is 5.99. The van der Waals surface area contributed by atoms with Gasteiger partial charge in [0.25, 0.3) is 0 Å². The zero-order chi connectivity index (χ0) is 11.4. The summed E-state index contributed by atoms with van der Waals surface area (Å²) in [5.41, 5.74) is 7.61. The molecule has 1 aliphatic heterocycles. The Bertz CT molecular complexity index is 284. The van der Waals surface area contributed by atoms with E-state index in [0.29, 0.717) is 5.76 Å². The molecular formula is C11H21N3O. The zero-order valence-electron chi connectivity index (χ0n) is 9.82. The van der Waals surface area contributed by atoms with Crippen molar-refractivity contribution in [3.63, 3.8) is 0 Å². The van der Waals surface area contributed by atoms with Gasteiger partial charge in [-0.1, -0.05) is 20.8 Å². The standard InChI is InChI=1S/C11H21N3O/c1-4-7-14-9(6-3)10(15)8(5-2)13-11(14)12/h11,15H,4-7,12H2,1-3H3. The van der Waals surface area contributed by atoms with Crippen LogP contribution in [0.25, 0.3) is 0 Å². The largest absolute Gasteiger partial charge is 0.504 e. The number of hydrogen-bond donors (Lipinski definition) is 2. The van der Waals surface area contributed by atoms with Gasteiger partial charge in [-0.15, -0.1) is 0 Å². The van der Waals surface area contributed by atoms with E-state index >= 15 is 0 Å². The molecule has 4 heteroatoms. The third-order valence-corrected chi connectivity index (χ3v) is 2.64. The maximum Gasteiger partial charge on any atom is 0.174 e. The van der Waals surface area contributed by atoms with Crippen molar-refractivity contribution in [1.82, 2.24) is 4.90 Å². The van der Waals surface area contributed by atoms with Crippen molar-refractivity contribution in [2.45, 2.75) is 46.3 Å². The Morgan fingerprint density at radius 1 is 1.33 bits per heavy atom. The topological polar surface area (TPSA) is 61.8 Å². The van der Waals surface area contributed by atoms with E-state index in [0.717, 1.165) is 37.2 Å². The predicted octanol–water partition coefficient (Wildman–Crippen LogP) is 1.98. The Kier molecular flexibility index (Phi) is 4.15. The smallest absolute Gasteiger partial charge is 0.174 e. The van der Waals surface area contributed by atoms with Gasteiger partial charge in [0.1, 0.15) is 0 Å². The first kappa shape index (κ1) is 12.0. The average molecular weight is 211 g/mol. The van der Waals surface area contributed by atoms with E-state index in [1.54, 1.807) is 0 Å². The molecule has 86 valence electrons. The van der Waals surface area contributed by atoms with Gasteiger partial charge in [0, 0.05) is 6.54 Å². The normalized spacial score (nSPS) is 22.0. The molecule has 15 heavy (non-hydrogen) atoms. The molecule has 4 nitrogen and oxygen atoms in total. The van der Waals surface area contributed by atoms with Crippen LogP contribution in [0.1, 0.15) is 40.0 Å². The SMILES string of the molecule is CCCN1C(CC)=C(O)C(CC)=NC1N. The molecule has 0 saturated carbocycles. The molecule has 0 bridgehead atoms. The number of aliphatic imine (C=N–C) groups is 1. The predicted molar refractivity (Wildman–Crippen MR) is 62.6 cm³/mol. The maximum absolute atomic E-state index is 10.00. The number of hydrogen-bond acceptors (Lipinski definition) is 4. The number of nitrogens with two attached hydrogens (primary N) is 1. The number of nitrogens with zero attached hydrogens (tertiary/aromatic N) is 2. The Hall–Kier alpha value is -1.03. The van der Waals surface area contributed by atoms with E-state index in [1.807, 2.05) is 18.7 Å². The van der Waals surface area contributed by atoms with Crippen molar-refractivity contribution in [2.24, 2.45) is 10.7 Å². The molecular weight excluding hydrogens is 190 g/mol. The van der Waals surface area contributed by atoms with Crippen LogP contribution in [0.5, 0.6) is 0 Å². The van der Waals surface area contributed by atoms with Crippen LogP contribution in [0.3, 0.4) is 0 Å². The van der Waals surface area contributed by atoms with Crippen LogP contribution in [0.2, 0.25) is 0 Å². The number of aliphatic hydroxyl groups excluding tert-OH is 1. The van der Waals surface area contributed by atoms with Crippen LogP contribution in [0, 0.1) is 0 Å². The molecule has 0 saturated heterocycles. The lowest BCUT2D eigenvalue weighted by Crippen LogP contribution is -2.44. The molecule has 3 N–H and O–H groups in total. The van der Waals surface area contributed by atoms with Gasteiger partial charge >= 0.3 is 0 Å². The summed E-state index contributed by atoms with van der Waals surface area (Å²) in [5, 5.41) is 10.00. The van der Waals surface area contributed by atoms with Gasteiger partial charge in [-0.25, -0.2) is 4.99 Å². The van der Waals surface area contributed by atoms with Crippen molar-refractivity contribution < 1.29 is 5.11 Å². The molecule has 1 atom stereocenters. The lowest BCUT2D eigenvalue weighted by molar-refractivity contribution is 0.231. The molecule has 0 fully saturated rings. The van der Waals surface area contributed by atoms with Crippen molar-refractivity contribution in [3.8, 4) is 0 Å². The highest BCUT2D eigenvalue weighted by Gasteiger charge is 2.25. The van der Waals surface area contributed by atoms with Gasteiger partial charge < -0.3 is 10.0 Å². The van der Waals surface area contributed by atoms with E-state index < -0.39 is 0 Å². The average Bonchev–Trinajstić information content (AvgIpc) is 2.23. The zero-order valence-corrected chi connectivity index (χ0v) is 9.82. The molecule has 0 aromatic carbocycles. The van der Waals surface area contributed by atoms with Crippen molar-refractivity contribution >= 4 is 5.71 Å². The Balaban J connectivity index is 3.00. The summed E-state index contributed by atoms with van der Waals surface area (Å²) < 4.78 is 0. The van der Waals surface area contributed by atoms with Crippen LogP contribution >= 0.6 is 0 Å². The summed E-state index contributed by atoms with van der Waals surface area (Å²) in [6.07, 6.45) is 2.19. The summed E-state index contributed by atoms with van der Waals surface area (Å²) >= 11 is 0. The first-order valence-electron chi connectivity index (χ1n) is 5.67. The minimum Gasteiger partial charge on any atom is -0.504 e. The Morgan fingerprint density at radius 3 is 2.47 bits per heavy atom. The first-order chi connectivity index (χ1) is 7.15. The van der Waals surface area contributed by atoms with Crippen LogP contribution in [0.15, 0.2) is 16.4 Å². The molecule has 0 aliphatic carbocycles. The van der Waals surface area contributed by atoms with Crippen LogP contribution in [-0.2, 0) is 0 Å². The van der Waals surface area contributed by atoms with E-state index in [4.69, 9.17) is 5.73 Å². The van der Waals surface area contributed by atoms with E-state index in [9.17, 15) is 5.11 Å². The molecule has 0 radical (unpaired) electrons. The van der Waals surface area contributed by atoms with Crippen LogP contribution in [0.4, 0.5) is 0 Å². The van der Waals surface area contributed by atoms with Gasteiger partial charge in [-0.3, -0.25) is 5.73 Å². The lowest BCUT2D eigenvalue weighted by atomic mass is 10.1. The fourth-order valence-corrected chi connectivity index (χ4v) is 1.89. The van der Waals surface area contributed by atoms with Crippen molar-refractivity contribution in [2.75, 3.05) is 6.54 Å². The quantitative estimate of drug-likeness (QED) is 0.747. The number of aliphatic hydroxyl groups is 1. The second kappa shape index (κ2) is 5.16. The van der Waals surface area contributed by atoms with Gasteiger partial charge in [0.15, 0.2) is 12.0 Å². The van der Waals surface area contributed by atoms with Gasteiger partial charge in [0.05, 0.1) is 11.4 Å². The van der Waals surface area contributed by atoms with E-state index in [-0.39, 0.29) is 6.29 Å². The Morgan fingerprint density at radius 2 is 2.00 bits per heavy atom. The summed E-state index contributed by atoms with van der Waals surface area (Å²) in [6, 6.07) is 0. The molecule has 0 spiro atoms. The van der Waals surface area contributed by atoms with Crippen molar-refractivity contribution in [1.29, 1.82) is 0 Å². The molecule has 1 rings (SSSR count). The Labute approximate surface area is 91.5 Å². The van der Waals surface area contributed by atoms with E-state index in [1.165, 1.54) is 0 Å². The lowest BCUT2D eigenvalue weighted by Gasteiger charge is -2.34. The molecule has 1 heterocycles. The molecule has 1 aliphatic rings. The maximum atomic E-state index is 10.00. The number of rotatable bonds is 4. The summed E-state index contributed by atoms with van der Waals surface area (Å²) in [5.74, 6) is 0.329. The summed E-state index contributed by atoms with van der Waals surface area (Å²) in [4.78, 5) is 6.27.